The maximum atomic E-state index is 13.1. The van der Waals surface area contributed by atoms with Gasteiger partial charge >= 0.3 is 12.3 Å². The lowest BCUT2D eigenvalue weighted by molar-refractivity contribution is -0.274. The number of benzene rings is 2. The summed E-state index contributed by atoms with van der Waals surface area (Å²) in [5.41, 5.74) is 5.20. The van der Waals surface area contributed by atoms with Crippen molar-refractivity contribution in [2.75, 3.05) is 0 Å². The minimum Gasteiger partial charge on any atom is -0.481 e. The standard InChI is InChI=1S/C27H21F3N4O5/c1-12-23(13(2)38-33-12)16-7-17(9-18(8-16)37-27(28,29)30)26-32-25(34-39-26)15-4-6-21-20(10-15)19-5-3-14(11-22(35)36)24(19)31-21/h4,6-10,14,31H,3,5,11H2,1-2H3,(H,35,36). The van der Waals surface area contributed by atoms with E-state index in [0.717, 1.165) is 35.0 Å². The number of carboxylic acids is 1. The van der Waals surface area contributed by atoms with Crippen LogP contribution in [0.1, 0.15) is 41.5 Å². The van der Waals surface area contributed by atoms with Crippen LogP contribution in [0.15, 0.2) is 45.4 Å². The van der Waals surface area contributed by atoms with Crippen molar-refractivity contribution in [1.29, 1.82) is 0 Å². The topological polar surface area (TPSA) is 127 Å². The zero-order chi connectivity index (χ0) is 27.5. The molecule has 5 aromatic rings. The molecule has 2 N–H and O–H groups in total. The van der Waals surface area contributed by atoms with Crippen molar-refractivity contribution in [2.45, 2.75) is 45.4 Å². The number of aryl methyl sites for hydroxylation is 3. The second-order valence-corrected chi connectivity index (χ2v) is 9.53. The molecular weight excluding hydrogens is 517 g/mol. The summed E-state index contributed by atoms with van der Waals surface area (Å²) >= 11 is 0. The fraction of sp³-hybridized carbons (Fsp3) is 0.259. The minimum atomic E-state index is -4.90. The highest BCUT2D eigenvalue weighted by atomic mass is 19.4. The lowest BCUT2D eigenvalue weighted by Gasteiger charge is -2.11. The van der Waals surface area contributed by atoms with E-state index < -0.39 is 18.1 Å². The molecule has 1 atom stereocenters. The van der Waals surface area contributed by atoms with E-state index >= 15 is 0 Å². The number of hydrogen-bond donors (Lipinski definition) is 2. The predicted octanol–water partition coefficient (Wildman–Crippen LogP) is 6.56. The number of halogens is 3. The normalized spacial score (nSPS) is 15.2. The lowest BCUT2D eigenvalue weighted by atomic mass is 10.0. The van der Waals surface area contributed by atoms with Crippen LogP contribution in [-0.4, -0.2) is 37.7 Å². The molecule has 3 heterocycles. The molecule has 0 radical (unpaired) electrons. The Kier molecular flexibility index (Phi) is 5.70. The van der Waals surface area contributed by atoms with Gasteiger partial charge in [-0.2, -0.15) is 4.98 Å². The second-order valence-electron chi connectivity index (χ2n) is 9.53. The van der Waals surface area contributed by atoms with Gasteiger partial charge in [0.1, 0.15) is 11.5 Å². The number of nitrogens with one attached hydrogen (secondary N) is 1. The molecule has 2 aromatic carbocycles. The van der Waals surface area contributed by atoms with Gasteiger partial charge in [0.2, 0.25) is 5.82 Å². The van der Waals surface area contributed by atoms with Gasteiger partial charge in [0.25, 0.3) is 5.89 Å². The van der Waals surface area contributed by atoms with E-state index in [4.69, 9.17) is 9.05 Å². The minimum absolute atomic E-state index is 0.00607. The fourth-order valence-corrected chi connectivity index (χ4v) is 5.32. The number of aromatic amines is 1. The van der Waals surface area contributed by atoms with Crippen LogP contribution >= 0.6 is 0 Å². The van der Waals surface area contributed by atoms with E-state index in [9.17, 15) is 23.1 Å². The third-order valence-electron chi connectivity index (χ3n) is 6.90. The van der Waals surface area contributed by atoms with E-state index in [2.05, 4.69) is 25.0 Å². The number of fused-ring (bicyclic) bond motifs is 3. The highest BCUT2D eigenvalue weighted by Gasteiger charge is 2.32. The van der Waals surface area contributed by atoms with Crippen molar-refractivity contribution < 1.29 is 36.9 Å². The Labute approximate surface area is 218 Å². The SMILES string of the molecule is Cc1noc(C)c1-c1cc(OC(F)(F)F)cc(-c2nc(-c3ccc4[nH]c5c(c4c3)CCC5CC(=O)O)no2)c1. The zero-order valence-corrected chi connectivity index (χ0v) is 20.7. The van der Waals surface area contributed by atoms with Crippen molar-refractivity contribution in [1.82, 2.24) is 20.3 Å². The van der Waals surface area contributed by atoms with Crippen molar-refractivity contribution in [3.63, 3.8) is 0 Å². The van der Waals surface area contributed by atoms with Crippen LogP contribution in [0.5, 0.6) is 5.75 Å². The number of rotatable bonds is 6. The summed E-state index contributed by atoms with van der Waals surface area (Å²) < 4.78 is 54.1. The van der Waals surface area contributed by atoms with Crippen LogP contribution in [0.4, 0.5) is 13.2 Å². The number of hydrogen-bond acceptors (Lipinski definition) is 7. The van der Waals surface area contributed by atoms with E-state index in [0.29, 0.717) is 28.1 Å². The maximum absolute atomic E-state index is 13.1. The molecule has 0 aliphatic heterocycles. The Balaban J connectivity index is 1.38. The Morgan fingerprint density at radius 1 is 1.10 bits per heavy atom. The molecule has 1 unspecified atom stereocenters. The number of aromatic nitrogens is 4. The maximum Gasteiger partial charge on any atom is 0.573 e. The van der Waals surface area contributed by atoms with Gasteiger partial charge in [-0.25, -0.2) is 0 Å². The summed E-state index contributed by atoms with van der Waals surface area (Å²) in [6.07, 6.45) is -3.33. The van der Waals surface area contributed by atoms with Crippen LogP contribution in [0, 0.1) is 13.8 Å². The Morgan fingerprint density at radius 2 is 1.90 bits per heavy atom. The first-order valence-electron chi connectivity index (χ1n) is 12.1. The molecule has 200 valence electrons. The van der Waals surface area contributed by atoms with Gasteiger partial charge in [0.15, 0.2) is 0 Å². The molecule has 1 aliphatic rings. The molecule has 0 bridgehead atoms. The predicted molar refractivity (Wildman–Crippen MR) is 132 cm³/mol. The summed E-state index contributed by atoms with van der Waals surface area (Å²) in [7, 11) is 0. The fourth-order valence-electron chi connectivity index (χ4n) is 5.32. The van der Waals surface area contributed by atoms with Gasteiger partial charge < -0.3 is 23.9 Å². The number of carbonyl (C=O) groups is 1. The molecule has 12 heteroatoms. The first-order valence-corrected chi connectivity index (χ1v) is 12.1. The van der Waals surface area contributed by atoms with Gasteiger partial charge in [-0.05, 0) is 74.2 Å². The lowest BCUT2D eigenvalue weighted by Crippen LogP contribution is -2.17. The summed E-state index contributed by atoms with van der Waals surface area (Å²) in [6.45, 7) is 3.35. The van der Waals surface area contributed by atoms with Crippen LogP contribution < -0.4 is 4.74 Å². The first kappa shape index (κ1) is 24.7. The van der Waals surface area contributed by atoms with E-state index in [1.807, 2.05) is 12.1 Å². The Morgan fingerprint density at radius 3 is 2.62 bits per heavy atom. The molecular formula is C27H21F3N4O5. The smallest absolute Gasteiger partial charge is 0.481 e. The number of nitrogens with zero attached hydrogens (tertiary/aromatic N) is 3. The molecule has 6 rings (SSSR count). The van der Waals surface area contributed by atoms with Crippen molar-refractivity contribution in [3.05, 3.63) is 59.1 Å². The van der Waals surface area contributed by atoms with E-state index in [-0.39, 0.29) is 29.6 Å². The van der Waals surface area contributed by atoms with E-state index in [1.165, 1.54) is 12.1 Å². The van der Waals surface area contributed by atoms with Crippen LogP contribution in [0.25, 0.3) is 44.9 Å². The van der Waals surface area contributed by atoms with Crippen molar-refractivity contribution >= 4 is 16.9 Å². The van der Waals surface area contributed by atoms with Crippen LogP contribution in [-0.2, 0) is 11.2 Å². The monoisotopic (exact) mass is 538 g/mol. The molecule has 9 nitrogen and oxygen atoms in total. The van der Waals surface area contributed by atoms with Crippen molar-refractivity contribution in [3.8, 4) is 39.7 Å². The van der Waals surface area contributed by atoms with Crippen molar-refractivity contribution in [2.24, 2.45) is 0 Å². The third kappa shape index (κ3) is 4.62. The Bertz CT molecular complexity index is 1710. The highest BCUT2D eigenvalue weighted by molar-refractivity contribution is 5.89. The largest absolute Gasteiger partial charge is 0.573 e. The Hall–Kier alpha value is -4.61. The quantitative estimate of drug-likeness (QED) is 0.249. The van der Waals surface area contributed by atoms with E-state index in [1.54, 1.807) is 26.0 Å². The summed E-state index contributed by atoms with van der Waals surface area (Å²) in [5, 5.41) is 18.1. The third-order valence-corrected chi connectivity index (χ3v) is 6.90. The number of ether oxygens (including phenoxy) is 1. The summed E-state index contributed by atoms with van der Waals surface area (Å²) in [6, 6.07) is 9.60. The second kappa shape index (κ2) is 9.00. The van der Waals surface area contributed by atoms with Gasteiger partial charge in [-0.15, -0.1) is 13.2 Å². The summed E-state index contributed by atoms with van der Waals surface area (Å²) in [5.74, 6) is -0.659. The van der Waals surface area contributed by atoms with Gasteiger partial charge in [-0.1, -0.05) is 10.3 Å². The number of carboxylic acid groups (broad SMARTS) is 1. The average molecular weight is 538 g/mol. The van der Waals surface area contributed by atoms with Gasteiger partial charge in [0, 0.05) is 39.2 Å². The summed E-state index contributed by atoms with van der Waals surface area (Å²) in [4.78, 5) is 19.0. The molecule has 0 amide bonds. The molecule has 0 spiro atoms. The van der Waals surface area contributed by atoms with Crippen LogP contribution in [0.2, 0.25) is 0 Å². The number of alkyl halides is 3. The number of H-pyrrole nitrogens is 1. The number of aliphatic carboxylic acids is 1. The van der Waals surface area contributed by atoms with Gasteiger partial charge in [0.05, 0.1) is 12.1 Å². The average Bonchev–Trinajstić information content (AvgIpc) is 3.63. The molecule has 1 aliphatic carbocycles. The molecule has 0 saturated carbocycles. The van der Waals surface area contributed by atoms with Gasteiger partial charge in [-0.3, -0.25) is 4.79 Å². The zero-order valence-electron chi connectivity index (χ0n) is 20.7. The molecule has 39 heavy (non-hydrogen) atoms. The van der Waals surface area contributed by atoms with Crippen LogP contribution in [0.3, 0.4) is 0 Å². The first-order chi connectivity index (χ1) is 18.6. The molecule has 3 aromatic heterocycles. The highest BCUT2D eigenvalue weighted by Crippen LogP contribution is 2.41. The molecule has 0 saturated heterocycles. The molecule has 0 fully saturated rings.